The summed E-state index contributed by atoms with van der Waals surface area (Å²) in [5.41, 5.74) is 9.57. The van der Waals surface area contributed by atoms with Crippen LogP contribution in [-0.4, -0.2) is 31.3 Å². The Morgan fingerprint density at radius 2 is 2.06 bits per heavy atom. The van der Waals surface area contributed by atoms with Crippen LogP contribution in [0.5, 0.6) is 0 Å². The third-order valence-corrected chi connectivity index (χ3v) is 3.60. The standard InChI is InChI=1S/C15H24N2O/c1-11-5-6-13(7-12(11)2)17-9-14(8-16)18-15(3,4)10-17/h5-7,14H,8-10,16H2,1-4H3. The predicted molar refractivity (Wildman–Crippen MR) is 76.1 cm³/mol. The molecular weight excluding hydrogens is 224 g/mol. The van der Waals surface area contributed by atoms with E-state index in [4.69, 9.17) is 10.5 Å². The van der Waals surface area contributed by atoms with E-state index in [2.05, 4.69) is 50.8 Å². The van der Waals surface area contributed by atoms with Crippen molar-refractivity contribution in [1.82, 2.24) is 0 Å². The van der Waals surface area contributed by atoms with Gasteiger partial charge in [0.25, 0.3) is 0 Å². The number of aryl methyl sites for hydroxylation is 2. The normalized spacial score (nSPS) is 23.2. The molecule has 1 saturated heterocycles. The SMILES string of the molecule is Cc1ccc(N2CC(CN)OC(C)(C)C2)cc1C. The van der Waals surface area contributed by atoms with Gasteiger partial charge in [-0.3, -0.25) is 0 Å². The van der Waals surface area contributed by atoms with Crippen molar-refractivity contribution in [2.75, 3.05) is 24.5 Å². The van der Waals surface area contributed by atoms with Gasteiger partial charge in [-0.25, -0.2) is 0 Å². The van der Waals surface area contributed by atoms with E-state index in [0.29, 0.717) is 6.54 Å². The van der Waals surface area contributed by atoms with Crippen LogP contribution in [0.1, 0.15) is 25.0 Å². The first-order valence-electron chi connectivity index (χ1n) is 6.61. The quantitative estimate of drug-likeness (QED) is 0.872. The fourth-order valence-corrected chi connectivity index (χ4v) is 2.54. The molecule has 1 unspecified atom stereocenters. The Kier molecular flexibility index (Phi) is 3.64. The minimum atomic E-state index is -0.138. The van der Waals surface area contributed by atoms with Gasteiger partial charge in [0.1, 0.15) is 0 Å². The molecule has 1 aliphatic rings. The highest BCUT2D eigenvalue weighted by atomic mass is 16.5. The van der Waals surface area contributed by atoms with E-state index in [9.17, 15) is 0 Å². The van der Waals surface area contributed by atoms with Gasteiger partial charge in [0.05, 0.1) is 11.7 Å². The lowest BCUT2D eigenvalue weighted by molar-refractivity contribution is -0.0788. The van der Waals surface area contributed by atoms with Gasteiger partial charge in [-0.05, 0) is 51.0 Å². The van der Waals surface area contributed by atoms with Crippen LogP contribution in [0.2, 0.25) is 0 Å². The number of nitrogens with zero attached hydrogens (tertiary/aromatic N) is 1. The number of hydrogen-bond donors (Lipinski definition) is 1. The van der Waals surface area contributed by atoms with E-state index in [-0.39, 0.29) is 11.7 Å². The molecule has 0 spiro atoms. The Morgan fingerprint density at radius 1 is 1.33 bits per heavy atom. The first-order chi connectivity index (χ1) is 8.41. The molecule has 18 heavy (non-hydrogen) atoms. The smallest absolute Gasteiger partial charge is 0.0879 e. The number of morpholine rings is 1. The van der Waals surface area contributed by atoms with Crippen LogP contribution in [0.25, 0.3) is 0 Å². The fourth-order valence-electron chi connectivity index (χ4n) is 2.54. The molecule has 1 atom stereocenters. The number of anilines is 1. The third-order valence-electron chi connectivity index (χ3n) is 3.60. The van der Waals surface area contributed by atoms with E-state index in [0.717, 1.165) is 13.1 Å². The highest BCUT2D eigenvalue weighted by Crippen LogP contribution is 2.27. The Hall–Kier alpha value is -1.06. The molecular formula is C15H24N2O. The van der Waals surface area contributed by atoms with Crippen LogP contribution in [0.15, 0.2) is 18.2 Å². The molecule has 3 heteroatoms. The van der Waals surface area contributed by atoms with Gasteiger partial charge in [0.2, 0.25) is 0 Å². The lowest BCUT2D eigenvalue weighted by Crippen LogP contribution is -2.55. The average Bonchev–Trinajstić information content (AvgIpc) is 2.30. The second-order valence-electron chi connectivity index (χ2n) is 5.88. The highest BCUT2D eigenvalue weighted by Gasteiger charge is 2.32. The minimum Gasteiger partial charge on any atom is -0.367 e. The van der Waals surface area contributed by atoms with Crippen LogP contribution in [0, 0.1) is 13.8 Å². The van der Waals surface area contributed by atoms with Gasteiger partial charge in [-0.15, -0.1) is 0 Å². The lowest BCUT2D eigenvalue weighted by Gasteiger charge is -2.43. The van der Waals surface area contributed by atoms with Gasteiger partial charge < -0.3 is 15.4 Å². The zero-order valence-corrected chi connectivity index (χ0v) is 11.9. The van der Waals surface area contributed by atoms with Crippen molar-refractivity contribution in [2.45, 2.75) is 39.4 Å². The average molecular weight is 248 g/mol. The van der Waals surface area contributed by atoms with Crippen LogP contribution in [0.4, 0.5) is 5.69 Å². The van der Waals surface area contributed by atoms with Crippen molar-refractivity contribution in [3.63, 3.8) is 0 Å². The molecule has 2 N–H and O–H groups in total. The van der Waals surface area contributed by atoms with Gasteiger partial charge >= 0.3 is 0 Å². The van der Waals surface area contributed by atoms with Gasteiger partial charge in [0, 0.05) is 25.3 Å². The summed E-state index contributed by atoms with van der Waals surface area (Å²) >= 11 is 0. The van der Waals surface area contributed by atoms with Crippen LogP contribution < -0.4 is 10.6 Å². The summed E-state index contributed by atoms with van der Waals surface area (Å²) in [5, 5.41) is 0. The molecule has 0 aromatic heterocycles. The molecule has 100 valence electrons. The van der Waals surface area contributed by atoms with Crippen molar-refractivity contribution in [3.05, 3.63) is 29.3 Å². The third kappa shape index (κ3) is 2.85. The molecule has 2 rings (SSSR count). The van der Waals surface area contributed by atoms with Crippen LogP contribution in [0.3, 0.4) is 0 Å². The molecule has 3 nitrogen and oxygen atoms in total. The van der Waals surface area contributed by atoms with Crippen molar-refractivity contribution < 1.29 is 4.74 Å². The van der Waals surface area contributed by atoms with E-state index < -0.39 is 0 Å². The Morgan fingerprint density at radius 3 is 2.67 bits per heavy atom. The van der Waals surface area contributed by atoms with Gasteiger partial charge in [-0.1, -0.05) is 6.07 Å². The van der Waals surface area contributed by atoms with E-state index in [1.807, 2.05) is 0 Å². The summed E-state index contributed by atoms with van der Waals surface area (Å²) in [5.74, 6) is 0. The molecule has 0 amide bonds. The highest BCUT2D eigenvalue weighted by molar-refractivity contribution is 5.51. The molecule has 0 saturated carbocycles. The molecule has 1 heterocycles. The summed E-state index contributed by atoms with van der Waals surface area (Å²) in [6, 6.07) is 6.63. The number of benzene rings is 1. The zero-order chi connectivity index (χ0) is 13.3. The largest absolute Gasteiger partial charge is 0.367 e. The monoisotopic (exact) mass is 248 g/mol. The van der Waals surface area contributed by atoms with Crippen LogP contribution >= 0.6 is 0 Å². The van der Waals surface area contributed by atoms with E-state index in [1.54, 1.807) is 0 Å². The molecule has 1 aromatic carbocycles. The molecule has 0 radical (unpaired) electrons. The first kappa shape index (κ1) is 13.4. The topological polar surface area (TPSA) is 38.5 Å². The maximum absolute atomic E-state index is 5.96. The Bertz CT molecular complexity index is 429. The first-order valence-corrected chi connectivity index (χ1v) is 6.61. The van der Waals surface area contributed by atoms with Gasteiger partial charge in [0.15, 0.2) is 0 Å². The second-order valence-corrected chi connectivity index (χ2v) is 5.88. The molecule has 1 aliphatic heterocycles. The van der Waals surface area contributed by atoms with Crippen molar-refractivity contribution >= 4 is 5.69 Å². The van der Waals surface area contributed by atoms with Crippen molar-refractivity contribution in [2.24, 2.45) is 5.73 Å². The summed E-state index contributed by atoms with van der Waals surface area (Å²) in [6.07, 6.45) is 0.121. The van der Waals surface area contributed by atoms with Crippen LogP contribution in [-0.2, 0) is 4.74 Å². The number of rotatable bonds is 2. The zero-order valence-electron chi connectivity index (χ0n) is 11.9. The summed E-state index contributed by atoms with van der Waals surface area (Å²) in [7, 11) is 0. The fraction of sp³-hybridized carbons (Fsp3) is 0.600. The molecule has 1 aromatic rings. The summed E-state index contributed by atoms with van der Waals surface area (Å²) in [6.45, 7) is 10.9. The lowest BCUT2D eigenvalue weighted by atomic mass is 10.0. The maximum Gasteiger partial charge on any atom is 0.0879 e. The number of hydrogen-bond acceptors (Lipinski definition) is 3. The molecule has 1 fully saturated rings. The number of nitrogens with two attached hydrogens (primary N) is 1. The summed E-state index contributed by atoms with van der Waals surface area (Å²) in [4.78, 5) is 2.38. The molecule has 0 bridgehead atoms. The maximum atomic E-state index is 5.96. The Labute approximate surface area is 110 Å². The van der Waals surface area contributed by atoms with Crippen molar-refractivity contribution in [3.8, 4) is 0 Å². The van der Waals surface area contributed by atoms with Crippen molar-refractivity contribution in [1.29, 1.82) is 0 Å². The molecule has 0 aliphatic carbocycles. The minimum absolute atomic E-state index is 0.121. The van der Waals surface area contributed by atoms with E-state index in [1.165, 1.54) is 16.8 Å². The van der Waals surface area contributed by atoms with Gasteiger partial charge in [-0.2, -0.15) is 0 Å². The second kappa shape index (κ2) is 4.90. The Balaban J connectivity index is 2.23. The number of ether oxygens (including phenoxy) is 1. The van der Waals surface area contributed by atoms with E-state index >= 15 is 0 Å². The summed E-state index contributed by atoms with van der Waals surface area (Å²) < 4.78 is 5.96. The predicted octanol–water partition coefficient (Wildman–Crippen LogP) is 2.25.